The predicted molar refractivity (Wildman–Crippen MR) is 103 cm³/mol. The number of aromatic amines is 1. The van der Waals surface area contributed by atoms with Gasteiger partial charge in [0.2, 0.25) is 5.91 Å². The van der Waals surface area contributed by atoms with Crippen molar-refractivity contribution in [3.05, 3.63) is 41.4 Å². The van der Waals surface area contributed by atoms with Crippen LogP contribution in [0.1, 0.15) is 6.42 Å². The number of hydrogen-bond acceptors (Lipinski definition) is 4. The Morgan fingerprint density at radius 3 is 2.97 bits per heavy atom. The van der Waals surface area contributed by atoms with Gasteiger partial charge in [-0.15, -0.1) is 0 Å². The van der Waals surface area contributed by atoms with Crippen LogP contribution in [0.15, 0.2) is 30.6 Å². The molecule has 1 saturated carbocycles. The van der Waals surface area contributed by atoms with E-state index in [1.54, 1.807) is 35.1 Å². The third-order valence-corrected chi connectivity index (χ3v) is 5.36. The number of pyridine rings is 1. The van der Waals surface area contributed by atoms with Gasteiger partial charge in [-0.1, -0.05) is 11.6 Å². The first-order chi connectivity index (χ1) is 14.0. The molecule has 0 aliphatic heterocycles. The molecule has 0 radical (unpaired) electrons. The lowest BCUT2D eigenvalue weighted by Crippen LogP contribution is -2.15. The fraction of sp³-hybridized carbons (Fsp3) is 0.211. The molecular formula is C19H14ClF2N5O2. The smallest absolute Gasteiger partial charge is 0.231 e. The summed E-state index contributed by atoms with van der Waals surface area (Å²) in [6.45, 7) is 0. The molecule has 3 aromatic heterocycles. The van der Waals surface area contributed by atoms with E-state index in [-0.39, 0.29) is 23.1 Å². The van der Waals surface area contributed by atoms with Crippen molar-refractivity contribution in [1.29, 1.82) is 0 Å². The fourth-order valence-electron chi connectivity index (χ4n) is 3.43. The number of carbonyl (C=O) groups excluding carboxylic acids is 1. The minimum Gasteiger partial charge on any atom is -0.491 e. The summed E-state index contributed by atoms with van der Waals surface area (Å²) in [5.41, 5.74) is 2.14. The number of rotatable bonds is 4. The monoisotopic (exact) mass is 417 g/mol. The second-order valence-electron chi connectivity index (χ2n) is 6.86. The first kappa shape index (κ1) is 17.9. The highest BCUT2D eigenvalue weighted by Gasteiger charge is 2.43. The summed E-state index contributed by atoms with van der Waals surface area (Å²) in [6.07, 6.45) is 2.38. The number of carbonyl (C=O) groups is 1. The SMILES string of the molecule is COc1c(F)c(Cl)c(-c2ccn3nc(NC(=O)C4CC4F)cc3c2)c2cn[nH]c12. The lowest BCUT2D eigenvalue weighted by Gasteiger charge is -2.11. The summed E-state index contributed by atoms with van der Waals surface area (Å²) < 4.78 is 34.5. The number of amides is 1. The zero-order valence-electron chi connectivity index (χ0n) is 15.0. The molecule has 1 aliphatic rings. The van der Waals surface area contributed by atoms with Crippen molar-refractivity contribution in [2.75, 3.05) is 12.4 Å². The van der Waals surface area contributed by atoms with Crippen molar-refractivity contribution in [3.63, 3.8) is 0 Å². The van der Waals surface area contributed by atoms with Crippen LogP contribution in [0.3, 0.4) is 0 Å². The summed E-state index contributed by atoms with van der Waals surface area (Å²) in [6, 6.07) is 5.14. The zero-order chi connectivity index (χ0) is 20.3. The van der Waals surface area contributed by atoms with Gasteiger partial charge in [-0.3, -0.25) is 9.89 Å². The maximum Gasteiger partial charge on any atom is 0.231 e. The van der Waals surface area contributed by atoms with Gasteiger partial charge in [-0.25, -0.2) is 13.3 Å². The molecule has 1 aromatic carbocycles. The topological polar surface area (TPSA) is 84.3 Å². The first-order valence-corrected chi connectivity index (χ1v) is 9.18. The van der Waals surface area contributed by atoms with E-state index in [9.17, 15) is 13.6 Å². The molecule has 5 rings (SSSR count). The molecule has 0 bridgehead atoms. The van der Waals surface area contributed by atoms with Gasteiger partial charge in [0.15, 0.2) is 17.4 Å². The number of aromatic nitrogens is 4. The van der Waals surface area contributed by atoms with Gasteiger partial charge in [0.1, 0.15) is 11.7 Å². The van der Waals surface area contributed by atoms with E-state index in [1.165, 1.54) is 7.11 Å². The number of H-pyrrole nitrogens is 1. The van der Waals surface area contributed by atoms with Crippen molar-refractivity contribution in [2.45, 2.75) is 12.6 Å². The second-order valence-corrected chi connectivity index (χ2v) is 7.23. The Kier molecular flexibility index (Phi) is 3.95. The van der Waals surface area contributed by atoms with Crippen LogP contribution in [-0.2, 0) is 4.79 Å². The Morgan fingerprint density at radius 2 is 2.24 bits per heavy atom. The summed E-state index contributed by atoms with van der Waals surface area (Å²) in [7, 11) is 1.36. The van der Waals surface area contributed by atoms with Crippen molar-refractivity contribution < 1.29 is 18.3 Å². The van der Waals surface area contributed by atoms with E-state index in [1.807, 2.05) is 0 Å². The lowest BCUT2D eigenvalue weighted by molar-refractivity contribution is -0.117. The van der Waals surface area contributed by atoms with E-state index in [0.29, 0.717) is 33.4 Å². The van der Waals surface area contributed by atoms with Gasteiger partial charge in [0.05, 0.1) is 29.8 Å². The molecule has 1 amide bonds. The van der Waals surface area contributed by atoms with Gasteiger partial charge in [-0.2, -0.15) is 10.2 Å². The van der Waals surface area contributed by atoms with Crippen molar-refractivity contribution in [3.8, 4) is 16.9 Å². The number of ether oxygens (including phenoxy) is 1. The molecule has 10 heteroatoms. The van der Waals surface area contributed by atoms with Crippen LogP contribution in [-0.4, -0.2) is 39.0 Å². The van der Waals surface area contributed by atoms with Crippen molar-refractivity contribution in [1.82, 2.24) is 19.8 Å². The van der Waals surface area contributed by atoms with Crippen LogP contribution >= 0.6 is 11.6 Å². The van der Waals surface area contributed by atoms with Gasteiger partial charge in [0, 0.05) is 23.2 Å². The Morgan fingerprint density at radius 1 is 1.45 bits per heavy atom. The third kappa shape index (κ3) is 2.80. The number of benzene rings is 1. The van der Waals surface area contributed by atoms with Crippen LogP contribution in [0.2, 0.25) is 5.02 Å². The summed E-state index contributed by atoms with van der Waals surface area (Å²) in [4.78, 5) is 11.9. The highest BCUT2D eigenvalue weighted by molar-refractivity contribution is 6.35. The standard InChI is InChI=1S/C19H14ClF2N5O2/c1-29-18-16(22)15(20)14(11-7-23-25-17(11)18)8-2-3-27-9(4-8)5-13(26-27)24-19(28)10-6-12(10)21/h2-5,7,10,12H,6H2,1H3,(H,23,25)(H,24,26,28). The second kappa shape index (κ2) is 6.41. The van der Waals surface area contributed by atoms with E-state index in [2.05, 4.69) is 20.6 Å². The highest BCUT2D eigenvalue weighted by Crippen LogP contribution is 2.42. The average Bonchev–Trinajstić information content (AvgIpc) is 3.08. The van der Waals surface area contributed by atoms with E-state index < -0.39 is 17.9 Å². The molecule has 2 unspecified atom stereocenters. The largest absolute Gasteiger partial charge is 0.491 e. The summed E-state index contributed by atoms with van der Waals surface area (Å²) in [5.74, 6) is -1.38. The van der Waals surface area contributed by atoms with Crippen LogP contribution in [0.25, 0.3) is 27.5 Å². The number of halogens is 3. The zero-order valence-corrected chi connectivity index (χ0v) is 15.8. The minimum absolute atomic E-state index is 0.00655. The first-order valence-electron chi connectivity index (χ1n) is 8.80. The number of nitrogens with one attached hydrogen (secondary N) is 2. The van der Waals surface area contributed by atoms with Crippen molar-refractivity contribution >= 4 is 39.7 Å². The maximum atomic E-state index is 14.7. The highest BCUT2D eigenvalue weighted by atomic mass is 35.5. The van der Waals surface area contributed by atoms with Crippen LogP contribution in [0.5, 0.6) is 5.75 Å². The van der Waals surface area contributed by atoms with Crippen LogP contribution in [0, 0.1) is 11.7 Å². The molecule has 7 nitrogen and oxygen atoms in total. The molecule has 29 heavy (non-hydrogen) atoms. The number of nitrogens with zero attached hydrogens (tertiary/aromatic N) is 3. The fourth-order valence-corrected chi connectivity index (χ4v) is 3.72. The van der Waals surface area contributed by atoms with Crippen LogP contribution in [0.4, 0.5) is 14.6 Å². The Balaban J connectivity index is 1.58. The number of methoxy groups -OCH3 is 1. The molecule has 1 aliphatic carbocycles. The Hall–Kier alpha value is -3.20. The number of anilines is 1. The van der Waals surface area contributed by atoms with Gasteiger partial charge in [-0.05, 0) is 24.1 Å². The Bertz CT molecular complexity index is 1280. The number of hydrogen-bond donors (Lipinski definition) is 2. The quantitative estimate of drug-likeness (QED) is 0.526. The number of fused-ring (bicyclic) bond motifs is 2. The summed E-state index contributed by atoms with van der Waals surface area (Å²) >= 11 is 6.32. The van der Waals surface area contributed by atoms with Gasteiger partial charge in [0.25, 0.3) is 0 Å². The molecular weight excluding hydrogens is 404 g/mol. The maximum absolute atomic E-state index is 14.7. The van der Waals surface area contributed by atoms with E-state index >= 15 is 0 Å². The average molecular weight is 418 g/mol. The molecule has 0 spiro atoms. The van der Waals surface area contributed by atoms with Gasteiger partial charge < -0.3 is 10.1 Å². The predicted octanol–water partition coefficient (Wildman–Crippen LogP) is 3.98. The number of alkyl halides is 1. The normalized spacial score (nSPS) is 18.3. The van der Waals surface area contributed by atoms with Crippen LogP contribution < -0.4 is 10.1 Å². The molecule has 3 heterocycles. The third-order valence-electron chi connectivity index (χ3n) is 5.00. The lowest BCUT2D eigenvalue weighted by atomic mass is 10.0. The summed E-state index contributed by atoms with van der Waals surface area (Å²) in [5, 5.41) is 14.1. The van der Waals surface area contributed by atoms with Crippen molar-refractivity contribution in [2.24, 2.45) is 5.92 Å². The van der Waals surface area contributed by atoms with E-state index in [0.717, 1.165) is 0 Å². The Labute approximate surface area is 167 Å². The van der Waals surface area contributed by atoms with E-state index in [4.69, 9.17) is 16.3 Å². The molecule has 1 fully saturated rings. The molecule has 2 N–H and O–H groups in total. The van der Waals surface area contributed by atoms with Gasteiger partial charge >= 0.3 is 0 Å². The molecule has 0 saturated heterocycles. The minimum atomic E-state index is -1.08. The molecule has 148 valence electrons. The molecule has 4 aromatic rings. The molecule has 2 atom stereocenters.